The molecule has 3 aliphatic rings. The van der Waals surface area contributed by atoms with E-state index < -0.39 is 30.3 Å². The number of fused-ring (bicyclic) bond motifs is 3. The molecular weight excluding hydrogens is 228 g/mol. The van der Waals surface area contributed by atoms with Gasteiger partial charge >= 0.3 is 0 Å². The number of ether oxygens (including phenoxy) is 5. The van der Waals surface area contributed by atoms with E-state index in [9.17, 15) is 5.11 Å². The summed E-state index contributed by atoms with van der Waals surface area (Å²) < 4.78 is 28.0. The summed E-state index contributed by atoms with van der Waals surface area (Å²) in [5, 5.41) is 9.87. The van der Waals surface area contributed by atoms with Crippen molar-refractivity contribution in [2.45, 2.75) is 70.2 Å². The van der Waals surface area contributed by atoms with Crippen LogP contribution in [0.15, 0.2) is 0 Å². The standard InChI is InChI=1S/C11H18O6/c1-10(2)14-5-6(15-10)8(12)13-9-7(5)16-11(3,4)17-9/h5-9,12H,1-4H3/t5-,6+,7+,8-,9+/m0/s1. The normalized spacial score (nSPS) is 51.0. The van der Waals surface area contributed by atoms with Gasteiger partial charge in [0.05, 0.1) is 0 Å². The highest BCUT2D eigenvalue weighted by Crippen LogP contribution is 2.43. The van der Waals surface area contributed by atoms with Crippen molar-refractivity contribution in [2.24, 2.45) is 0 Å². The molecule has 3 heterocycles. The molecule has 0 spiro atoms. The molecule has 0 aromatic carbocycles. The number of aliphatic hydroxyl groups is 1. The summed E-state index contributed by atoms with van der Waals surface area (Å²) in [6.45, 7) is 7.20. The maximum Gasteiger partial charge on any atom is 0.192 e. The molecule has 1 N–H and O–H groups in total. The highest BCUT2D eigenvalue weighted by molar-refractivity contribution is 4.97. The lowest BCUT2D eigenvalue weighted by atomic mass is 10.0. The number of aliphatic hydroxyl groups excluding tert-OH is 1. The first-order chi connectivity index (χ1) is 7.77. The van der Waals surface area contributed by atoms with E-state index in [0.717, 1.165) is 0 Å². The summed E-state index contributed by atoms with van der Waals surface area (Å²) in [5.74, 6) is -1.48. The van der Waals surface area contributed by atoms with Crippen LogP contribution in [-0.2, 0) is 23.7 Å². The zero-order chi connectivity index (χ0) is 12.4. The average molecular weight is 246 g/mol. The number of hydrogen-bond acceptors (Lipinski definition) is 6. The van der Waals surface area contributed by atoms with Gasteiger partial charge in [0.1, 0.15) is 18.3 Å². The Hall–Kier alpha value is -0.240. The summed E-state index contributed by atoms with van der Waals surface area (Å²) in [6.07, 6.45) is -2.95. The van der Waals surface area contributed by atoms with Crippen LogP contribution in [0.4, 0.5) is 0 Å². The molecule has 0 amide bonds. The van der Waals surface area contributed by atoms with Crippen LogP contribution in [0.3, 0.4) is 0 Å². The van der Waals surface area contributed by atoms with Crippen LogP contribution < -0.4 is 0 Å². The Morgan fingerprint density at radius 2 is 1.29 bits per heavy atom. The fourth-order valence-corrected chi connectivity index (χ4v) is 2.59. The quantitative estimate of drug-likeness (QED) is 0.664. The molecule has 0 aliphatic carbocycles. The maximum absolute atomic E-state index is 9.87. The molecule has 6 heteroatoms. The van der Waals surface area contributed by atoms with Gasteiger partial charge in [-0.15, -0.1) is 0 Å². The van der Waals surface area contributed by atoms with E-state index >= 15 is 0 Å². The summed E-state index contributed by atoms with van der Waals surface area (Å²) in [4.78, 5) is 0. The third kappa shape index (κ3) is 1.89. The molecule has 0 radical (unpaired) electrons. The van der Waals surface area contributed by atoms with Crippen molar-refractivity contribution < 1.29 is 28.8 Å². The summed E-state index contributed by atoms with van der Waals surface area (Å²) in [6, 6.07) is 0. The fourth-order valence-electron chi connectivity index (χ4n) is 2.59. The van der Waals surface area contributed by atoms with Gasteiger partial charge in [0.15, 0.2) is 24.2 Å². The molecule has 0 bridgehead atoms. The number of rotatable bonds is 0. The van der Waals surface area contributed by atoms with Crippen LogP contribution in [-0.4, -0.2) is 47.6 Å². The van der Waals surface area contributed by atoms with Gasteiger partial charge < -0.3 is 28.8 Å². The van der Waals surface area contributed by atoms with Crippen LogP contribution in [0, 0.1) is 0 Å². The van der Waals surface area contributed by atoms with Crippen molar-refractivity contribution in [3.63, 3.8) is 0 Å². The van der Waals surface area contributed by atoms with Gasteiger partial charge in [0.25, 0.3) is 0 Å². The van der Waals surface area contributed by atoms with Crippen molar-refractivity contribution in [1.82, 2.24) is 0 Å². The molecule has 98 valence electrons. The monoisotopic (exact) mass is 246 g/mol. The van der Waals surface area contributed by atoms with Crippen LogP contribution in [0.1, 0.15) is 27.7 Å². The van der Waals surface area contributed by atoms with Gasteiger partial charge in [-0.1, -0.05) is 0 Å². The molecule has 5 atom stereocenters. The summed E-state index contributed by atoms with van der Waals surface area (Å²) in [7, 11) is 0. The Morgan fingerprint density at radius 1 is 0.765 bits per heavy atom. The molecule has 3 saturated heterocycles. The second kappa shape index (κ2) is 3.40. The van der Waals surface area contributed by atoms with Crippen LogP contribution >= 0.6 is 0 Å². The zero-order valence-electron chi connectivity index (χ0n) is 10.4. The highest BCUT2D eigenvalue weighted by Gasteiger charge is 2.60. The Bertz CT molecular complexity index is 328. The summed E-state index contributed by atoms with van der Waals surface area (Å²) >= 11 is 0. The van der Waals surface area contributed by atoms with Gasteiger partial charge in [-0.3, -0.25) is 0 Å². The molecule has 0 saturated carbocycles. The highest BCUT2D eigenvalue weighted by atomic mass is 16.9. The van der Waals surface area contributed by atoms with Crippen LogP contribution in [0.5, 0.6) is 0 Å². The first-order valence-corrected chi connectivity index (χ1v) is 5.82. The Balaban J connectivity index is 1.86. The van der Waals surface area contributed by atoms with Crippen molar-refractivity contribution in [1.29, 1.82) is 0 Å². The van der Waals surface area contributed by atoms with E-state index in [1.807, 2.05) is 0 Å². The molecule has 0 unspecified atom stereocenters. The predicted molar refractivity (Wildman–Crippen MR) is 54.7 cm³/mol. The number of hydrogen-bond donors (Lipinski definition) is 1. The SMILES string of the molecule is CC1(C)O[C@H]2[C@@H](O1)[C@@H](O)O[C@@H]1OC(C)(C)O[C@@H]12. The van der Waals surface area contributed by atoms with Gasteiger partial charge in [-0.25, -0.2) is 0 Å². The predicted octanol–water partition coefficient (Wildman–Crippen LogP) is 0.333. The topological polar surface area (TPSA) is 66.4 Å². The summed E-state index contributed by atoms with van der Waals surface area (Å²) in [5.41, 5.74) is 0. The van der Waals surface area contributed by atoms with Crippen molar-refractivity contribution in [3.05, 3.63) is 0 Å². The van der Waals surface area contributed by atoms with E-state index in [2.05, 4.69) is 0 Å². The van der Waals surface area contributed by atoms with E-state index in [0.29, 0.717) is 0 Å². The average Bonchev–Trinajstić information content (AvgIpc) is 2.62. The van der Waals surface area contributed by atoms with Gasteiger partial charge in [-0.2, -0.15) is 0 Å². The fraction of sp³-hybridized carbons (Fsp3) is 1.00. The lowest BCUT2D eigenvalue weighted by Crippen LogP contribution is -2.54. The minimum Gasteiger partial charge on any atom is -0.366 e. The largest absolute Gasteiger partial charge is 0.366 e. The van der Waals surface area contributed by atoms with Gasteiger partial charge in [0.2, 0.25) is 0 Å². The molecule has 0 aromatic rings. The first kappa shape index (κ1) is 11.8. The van der Waals surface area contributed by atoms with Crippen LogP contribution in [0.2, 0.25) is 0 Å². The molecule has 0 aromatic heterocycles. The van der Waals surface area contributed by atoms with Crippen LogP contribution in [0.25, 0.3) is 0 Å². The molecular formula is C11H18O6. The molecule has 3 aliphatic heterocycles. The third-order valence-electron chi connectivity index (χ3n) is 3.13. The Morgan fingerprint density at radius 3 is 2.00 bits per heavy atom. The van der Waals surface area contributed by atoms with E-state index in [1.165, 1.54) is 0 Å². The van der Waals surface area contributed by atoms with Crippen molar-refractivity contribution in [2.75, 3.05) is 0 Å². The van der Waals surface area contributed by atoms with Gasteiger partial charge in [0, 0.05) is 0 Å². The molecule has 3 rings (SSSR count). The molecule has 17 heavy (non-hydrogen) atoms. The first-order valence-electron chi connectivity index (χ1n) is 5.82. The molecule has 6 nitrogen and oxygen atoms in total. The minimum absolute atomic E-state index is 0.375. The van der Waals surface area contributed by atoms with Gasteiger partial charge in [-0.05, 0) is 27.7 Å². The minimum atomic E-state index is -1.06. The van der Waals surface area contributed by atoms with Crippen molar-refractivity contribution >= 4 is 0 Å². The molecule has 3 fully saturated rings. The van der Waals surface area contributed by atoms with E-state index in [1.54, 1.807) is 27.7 Å². The Kier molecular flexibility index (Phi) is 2.37. The lowest BCUT2D eigenvalue weighted by Gasteiger charge is -2.34. The second-order valence-electron chi connectivity index (χ2n) is 5.56. The van der Waals surface area contributed by atoms with Crippen molar-refractivity contribution in [3.8, 4) is 0 Å². The lowest BCUT2D eigenvalue weighted by molar-refractivity contribution is -0.289. The smallest absolute Gasteiger partial charge is 0.192 e. The van der Waals surface area contributed by atoms with E-state index in [4.69, 9.17) is 23.7 Å². The third-order valence-corrected chi connectivity index (χ3v) is 3.13. The second-order valence-corrected chi connectivity index (χ2v) is 5.56. The Labute approximate surface area is 99.7 Å². The maximum atomic E-state index is 9.87. The zero-order valence-corrected chi connectivity index (χ0v) is 10.4. The van der Waals surface area contributed by atoms with E-state index in [-0.39, 0.29) is 12.2 Å².